The topological polar surface area (TPSA) is 27.3 Å². The smallest absolute Gasteiger partial charge is 0.0216 e. The van der Waals surface area contributed by atoms with Crippen molar-refractivity contribution in [2.45, 2.75) is 51.6 Å². The zero-order valence-electron chi connectivity index (χ0n) is 12.1. The lowest BCUT2D eigenvalue weighted by atomic mass is 10.0. The SMILES string of the molecule is CC(C)CC(CNCC1CCCCN1)N(C)C. The number of nitrogens with one attached hydrogen (secondary N) is 2. The summed E-state index contributed by atoms with van der Waals surface area (Å²) in [6.07, 6.45) is 5.36. The number of likely N-dealkylation sites (N-methyl/N-ethyl adjacent to an activating group) is 1. The highest BCUT2D eigenvalue weighted by atomic mass is 15.1. The van der Waals surface area contributed by atoms with Gasteiger partial charge in [0.1, 0.15) is 0 Å². The average molecular weight is 241 g/mol. The number of nitrogens with zero attached hydrogens (tertiary/aromatic N) is 1. The molecule has 2 atom stereocenters. The third kappa shape index (κ3) is 6.39. The summed E-state index contributed by atoms with van der Waals surface area (Å²) in [6, 6.07) is 1.37. The van der Waals surface area contributed by atoms with Crippen LogP contribution in [0.1, 0.15) is 39.5 Å². The molecule has 1 aliphatic heterocycles. The Morgan fingerprint density at radius 1 is 1.29 bits per heavy atom. The van der Waals surface area contributed by atoms with Gasteiger partial charge in [0.2, 0.25) is 0 Å². The van der Waals surface area contributed by atoms with Crippen molar-refractivity contribution in [1.82, 2.24) is 15.5 Å². The first-order valence-electron chi connectivity index (χ1n) is 7.20. The highest BCUT2D eigenvalue weighted by Crippen LogP contribution is 2.09. The summed E-state index contributed by atoms with van der Waals surface area (Å²) < 4.78 is 0. The van der Waals surface area contributed by atoms with Crippen molar-refractivity contribution < 1.29 is 0 Å². The van der Waals surface area contributed by atoms with Gasteiger partial charge in [0.15, 0.2) is 0 Å². The van der Waals surface area contributed by atoms with Crippen molar-refractivity contribution in [2.24, 2.45) is 5.92 Å². The van der Waals surface area contributed by atoms with Gasteiger partial charge < -0.3 is 15.5 Å². The van der Waals surface area contributed by atoms with Crippen LogP contribution in [0, 0.1) is 5.92 Å². The number of hydrogen-bond donors (Lipinski definition) is 2. The molecular weight excluding hydrogens is 210 g/mol. The second kappa shape index (κ2) is 8.06. The Labute approximate surface area is 107 Å². The van der Waals surface area contributed by atoms with E-state index in [0.717, 1.165) is 19.0 Å². The first kappa shape index (κ1) is 14.9. The molecule has 0 saturated carbocycles. The summed E-state index contributed by atoms with van der Waals surface area (Å²) in [5, 5.41) is 7.22. The molecule has 3 nitrogen and oxygen atoms in total. The third-order valence-electron chi connectivity index (χ3n) is 3.66. The van der Waals surface area contributed by atoms with Gasteiger partial charge in [-0.2, -0.15) is 0 Å². The highest BCUT2D eigenvalue weighted by molar-refractivity contribution is 4.77. The monoisotopic (exact) mass is 241 g/mol. The second-order valence-corrected chi connectivity index (χ2v) is 6.05. The summed E-state index contributed by atoms with van der Waals surface area (Å²) >= 11 is 0. The van der Waals surface area contributed by atoms with Crippen molar-refractivity contribution in [2.75, 3.05) is 33.7 Å². The van der Waals surface area contributed by atoms with E-state index in [-0.39, 0.29) is 0 Å². The molecule has 0 radical (unpaired) electrons. The average Bonchev–Trinajstić information content (AvgIpc) is 2.28. The van der Waals surface area contributed by atoms with Gasteiger partial charge in [-0.1, -0.05) is 20.3 Å². The van der Waals surface area contributed by atoms with Crippen molar-refractivity contribution in [3.05, 3.63) is 0 Å². The first-order chi connectivity index (χ1) is 8.09. The maximum absolute atomic E-state index is 3.64. The molecule has 0 bridgehead atoms. The van der Waals surface area contributed by atoms with Gasteiger partial charge in [-0.15, -0.1) is 0 Å². The van der Waals surface area contributed by atoms with Crippen molar-refractivity contribution in [1.29, 1.82) is 0 Å². The molecule has 0 aromatic heterocycles. The Hall–Kier alpha value is -0.120. The van der Waals surface area contributed by atoms with Crippen LogP contribution in [0.2, 0.25) is 0 Å². The van der Waals surface area contributed by atoms with Gasteiger partial charge in [0.05, 0.1) is 0 Å². The summed E-state index contributed by atoms with van der Waals surface area (Å²) in [4.78, 5) is 2.35. The van der Waals surface area contributed by atoms with Crippen LogP contribution >= 0.6 is 0 Å². The molecule has 2 N–H and O–H groups in total. The van der Waals surface area contributed by atoms with E-state index >= 15 is 0 Å². The van der Waals surface area contributed by atoms with Crippen molar-refractivity contribution in [3.8, 4) is 0 Å². The largest absolute Gasteiger partial charge is 0.314 e. The lowest BCUT2D eigenvalue weighted by Crippen LogP contribution is -2.46. The number of piperidine rings is 1. The Balaban J connectivity index is 2.17. The molecular formula is C14H31N3. The summed E-state index contributed by atoms with van der Waals surface area (Å²) in [5.41, 5.74) is 0. The quantitative estimate of drug-likeness (QED) is 0.710. The first-order valence-corrected chi connectivity index (χ1v) is 7.20. The van der Waals surface area contributed by atoms with Crippen LogP contribution < -0.4 is 10.6 Å². The molecule has 2 unspecified atom stereocenters. The Kier molecular flexibility index (Phi) is 7.09. The van der Waals surface area contributed by atoms with Crippen LogP contribution in [-0.2, 0) is 0 Å². The van der Waals surface area contributed by atoms with E-state index in [4.69, 9.17) is 0 Å². The van der Waals surface area contributed by atoms with Crippen LogP contribution in [0.5, 0.6) is 0 Å². The summed E-state index contributed by atoms with van der Waals surface area (Å²) in [5.74, 6) is 0.775. The summed E-state index contributed by atoms with van der Waals surface area (Å²) in [7, 11) is 4.38. The molecule has 0 aliphatic carbocycles. The van der Waals surface area contributed by atoms with Crippen molar-refractivity contribution in [3.63, 3.8) is 0 Å². The second-order valence-electron chi connectivity index (χ2n) is 6.05. The van der Waals surface area contributed by atoms with E-state index in [1.165, 1.54) is 32.2 Å². The minimum atomic E-state index is 0.665. The van der Waals surface area contributed by atoms with Crippen LogP contribution in [0.3, 0.4) is 0 Å². The molecule has 0 spiro atoms. The van der Waals surface area contributed by atoms with Crippen LogP contribution in [0.25, 0.3) is 0 Å². The minimum absolute atomic E-state index is 0.665. The van der Waals surface area contributed by atoms with E-state index in [1.807, 2.05) is 0 Å². The predicted molar refractivity (Wildman–Crippen MR) is 75.4 cm³/mol. The zero-order chi connectivity index (χ0) is 12.7. The number of hydrogen-bond acceptors (Lipinski definition) is 3. The predicted octanol–water partition coefficient (Wildman–Crippen LogP) is 1.69. The Morgan fingerprint density at radius 3 is 2.59 bits per heavy atom. The maximum Gasteiger partial charge on any atom is 0.0216 e. The van der Waals surface area contributed by atoms with Gasteiger partial charge in [-0.05, 0) is 45.8 Å². The molecule has 3 heteroatoms. The molecule has 0 aromatic carbocycles. The Morgan fingerprint density at radius 2 is 2.06 bits per heavy atom. The molecule has 0 amide bonds. The molecule has 1 saturated heterocycles. The van der Waals surface area contributed by atoms with Crippen molar-refractivity contribution >= 4 is 0 Å². The Bertz CT molecular complexity index is 186. The fraction of sp³-hybridized carbons (Fsp3) is 1.00. The van der Waals surface area contributed by atoms with E-state index in [9.17, 15) is 0 Å². The minimum Gasteiger partial charge on any atom is -0.314 e. The van der Waals surface area contributed by atoms with Crippen LogP contribution in [-0.4, -0.2) is 50.7 Å². The third-order valence-corrected chi connectivity index (χ3v) is 3.66. The molecule has 1 aliphatic rings. The lowest BCUT2D eigenvalue weighted by Gasteiger charge is -2.28. The van der Waals surface area contributed by atoms with Gasteiger partial charge in [-0.3, -0.25) is 0 Å². The van der Waals surface area contributed by atoms with Gasteiger partial charge in [0.25, 0.3) is 0 Å². The number of rotatable bonds is 7. The molecule has 17 heavy (non-hydrogen) atoms. The van der Waals surface area contributed by atoms with Gasteiger partial charge in [0, 0.05) is 25.2 Å². The van der Waals surface area contributed by atoms with Gasteiger partial charge in [-0.25, -0.2) is 0 Å². The fourth-order valence-electron chi connectivity index (χ4n) is 2.54. The highest BCUT2D eigenvalue weighted by Gasteiger charge is 2.15. The molecule has 1 heterocycles. The van der Waals surface area contributed by atoms with Crippen LogP contribution in [0.15, 0.2) is 0 Å². The van der Waals surface area contributed by atoms with E-state index in [1.54, 1.807) is 0 Å². The van der Waals surface area contributed by atoms with E-state index in [2.05, 4.69) is 43.5 Å². The van der Waals surface area contributed by atoms with E-state index in [0.29, 0.717) is 12.1 Å². The normalized spacial score (nSPS) is 23.3. The van der Waals surface area contributed by atoms with Crippen LogP contribution in [0.4, 0.5) is 0 Å². The molecule has 1 rings (SSSR count). The fourth-order valence-corrected chi connectivity index (χ4v) is 2.54. The molecule has 1 fully saturated rings. The summed E-state index contributed by atoms with van der Waals surface area (Å²) in [6.45, 7) is 8.06. The molecule has 102 valence electrons. The maximum atomic E-state index is 3.64. The lowest BCUT2D eigenvalue weighted by molar-refractivity contribution is 0.242. The van der Waals surface area contributed by atoms with Gasteiger partial charge >= 0.3 is 0 Å². The van der Waals surface area contributed by atoms with E-state index < -0.39 is 0 Å². The standard InChI is InChI=1S/C14H31N3/c1-12(2)9-14(17(3)4)11-15-10-13-7-5-6-8-16-13/h12-16H,5-11H2,1-4H3. The zero-order valence-corrected chi connectivity index (χ0v) is 12.1. The molecule has 0 aromatic rings.